The lowest BCUT2D eigenvalue weighted by Crippen LogP contribution is -2.21. The van der Waals surface area contributed by atoms with E-state index in [4.69, 9.17) is 4.74 Å². The van der Waals surface area contributed by atoms with Crippen molar-refractivity contribution in [2.45, 2.75) is 5.92 Å². The maximum absolute atomic E-state index is 13.3. The fourth-order valence-corrected chi connectivity index (χ4v) is 1.04. The molecule has 0 aliphatic heterocycles. The van der Waals surface area contributed by atoms with Gasteiger partial charge < -0.3 is 4.74 Å². The Labute approximate surface area is 82.0 Å². The van der Waals surface area contributed by atoms with Crippen LogP contribution in [0.4, 0.5) is 8.78 Å². The van der Waals surface area contributed by atoms with Gasteiger partial charge in [-0.1, -0.05) is 36.4 Å². The first-order valence-electron chi connectivity index (χ1n) is 4.29. The average molecular weight is 198 g/mol. The fourth-order valence-electron chi connectivity index (χ4n) is 1.04. The van der Waals surface area contributed by atoms with Crippen molar-refractivity contribution in [3.05, 3.63) is 48.6 Å². The number of hydrogen-bond donors (Lipinski definition) is 0. The molecule has 1 nitrogen and oxygen atoms in total. The number of benzene rings is 1. The van der Waals surface area contributed by atoms with E-state index in [9.17, 15) is 8.78 Å². The number of rotatable bonds is 5. The molecule has 14 heavy (non-hydrogen) atoms. The molecule has 0 atom stereocenters. The van der Waals surface area contributed by atoms with Crippen molar-refractivity contribution >= 4 is 0 Å². The van der Waals surface area contributed by atoms with Crippen molar-refractivity contribution in [1.82, 2.24) is 0 Å². The van der Waals surface area contributed by atoms with Gasteiger partial charge in [-0.15, -0.1) is 6.58 Å². The smallest absolute Gasteiger partial charge is 0.296 e. The van der Waals surface area contributed by atoms with Gasteiger partial charge in [0.25, 0.3) is 5.92 Å². The van der Waals surface area contributed by atoms with Crippen molar-refractivity contribution in [1.29, 1.82) is 0 Å². The summed E-state index contributed by atoms with van der Waals surface area (Å²) in [7, 11) is 0. The molecule has 0 radical (unpaired) electrons. The first-order chi connectivity index (χ1) is 6.67. The molecule has 1 aromatic carbocycles. The first kappa shape index (κ1) is 10.9. The summed E-state index contributed by atoms with van der Waals surface area (Å²) in [6, 6.07) is 7.63. The van der Waals surface area contributed by atoms with Crippen LogP contribution in [0.1, 0.15) is 5.56 Å². The Bertz CT molecular complexity index is 283. The van der Waals surface area contributed by atoms with E-state index in [0.717, 1.165) is 0 Å². The van der Waals surface area contributed by atoms with E-state index in [-0.39, 0.29) is 12.2 Å². The van der Waals surface area contributed by atoms with Crippen LogP contribution in [-0.4, -0.2) is 13.2 Å². The summed E-state index contributed by atoms with van der Waals surface area (Å²) in [4.78, 5) is 0. The van der Waals surface area contributed by atoms with Crippen molar-refractivity contribution in [2.24, 2.45) is 0 Å². The molecule has 0 N–H and O–H groups in total. The maximum Gasteiger partial charge on any atom is 0.296 e. The Morgan fingerprint density at radius 2 is 1.93 bits per heavy atom. The van der Waals surface area contributed by atoms with E-state index >= 15 is 0 Å². The summed E-state index contributed by atoms with van der Waals surface area (Å²) in [5.74, 6) is -2.93. The Morgan fingerprint density at radius 3 is 2.50 bits per heavy atom. The van der Waals surface area contributed by atoms with Gasteiger partial charge in [0, 0.05) is 5.56 Å². The Morgan fingerprint density at radius 1 is 1.29 bits per heavy atom. The van der Waals surface area contributed by atoms with E-state index in [1.165, 1.54) is 18.2 Å². The minimum atomic E-state index is -2.93. The van der Waals surface area contributed by atoms with E-state index in [1.54, 1.807) is 18.2 Å². The zero-order valence-corrected chi connectivity index (χ0v) is 7.75. The second-order valence-corrected chi connectivity index (χ2v) is 2.87. The summed E-state index contributed by atoms with van der Waals surface area (Å²) >= 11 is 0. The van der Waals surface area contributed by atoms with Crippen molar-refractivity contribution in [2.75, 3.05) is 13.2 Å². The molecule has 1 aromatic rings. The topological polar surface area (TPSA) is 9.23 Å². The van der Waals surface area contributed by atoms with Gasteiger partial charge in [0.1, 0.15) is 6.61 Å². The van der Waals surface area contributed by atoms with E-state index in [1.807, 2.05) is 0 Å². The zero-order chi connectivity index (χ0) is 10.4. The average Bonchev–Trinajstić information content (AvgIpc) is 2.19. The lowest BCUT2D eigenvalue weighted by Gasteiger charge is -2.15. The molecule has 0 unspecified atom stereocenters. The minimum Gasteiger partial charge on any atom is -0.371 e. The van der Waals surface area contributed by atoms with E-state index in [2.05, 4.69) is 6.58 Å². The molecule has 0 aliphatic carbocycles. The highest BCUT2D eigenvalue weighted by molar-refractivity contribution is 5.19. The van der Waals surface area contributed by atoms with Crippen LogP contribution in [-0.2, 0) is 10.7 Å². The van der Waals surface area contributed by atoms with E-state index in [0.29, 0.717) is 0 Å². The molecule has 0 saturated heterocycles. The number of ether oxygens (including phenoxy) is 1. The van der Waals surface area contributed by atoms with Crippen LogP contribution >= 0.6 is 0 Å². The summed E-state index contributed by atoms with van der Waals surface area (Å²) < 4.78 is 31.4. The predicted molar refractivity (Wildman–Crippen MR) is 51.4 cm³/mol. The Kier molecular flexibility index (Phi) is 3.77. The van der Waals surface area contributed by atoms with Crippen LogP contribution < -0.4 is 0 Å². The van der Waals surface area contributed by atoms with Gasteiger partial charge in [-0.05, 0) is 0 Å². The molecule has 76 valence electrons. The van der Waals surface area contributed by atoms with Gasteiger partial charge in [-0.25, -0.2) is 0 Å². The molecular weight excluding hydrogens is 186 g/mol. The summed E-state index contributed by atoms with van der Waals surface area (Å²) in [5.41, 5.74) is -0.0240. The third-order valence-corrected chi connectivity index (χ3v) is 1.72. The van der Waals surface area contributed by atoms with Crippen LogP contribution in [0.15, 0.2) is 43.0 Å². The van der Waals surface area contributed by atoms with Gasteiger partial charge in [0.05, 0.1) is 6.61 Å². The van der Waals surface area contributed by atoms with Crippen molar-refractivity contribution in [3.63, 3.8) is 0 Å². The Hall–Kier alpha value is -1.22. The van der Waals surface area contributed by atoms with Gasteiger partial charge in [-0.2, -0.15) is 8.78 Å². The second-order valence-electron chi connectivity index (χ2n) is 2.87. The maximum atomic E-state index is 13.3. The quantitative estimate of drug-likeness (QED) is 0.522. The molecular formula is C11H12F2O. The summed E-state index contributed by atoms with van der Waals surface area (Å²) in [5, 5.41) is 0. The molecule has 0 heterocycles. The highest BCUT2D eigenvalue weighted by atomic mass is 19.3. The normalized spacial score (nSPS) is 11.3. The first-order valence-corrected chi connectivity index (χ1v) is 4.29. The Balaban J connectivity index is 2.61. The van der Waals surface area contributed by atoms with Gasteiger partial charge in [0.15, 0.2) is 0 Å². The molecule has 0 aliphatic rings. The van der Waals surface area contributed by atoms with Crippen LogP contribution in [0, 0.1) is 0 Å². The lowest BCUT2D eigenvalue weighted by molar-refractivity contribution is -0.0771. The predicted octanol–water partition coefficient (Wildman–Crippen LogP) is 2.98. The largest absolute Gasteiger partial charge is 0.371 e. The highest BCUT2D eigenvalue weighted by Gasteiger charge is 2.31. The molecule has 0 saturated carbocycles. The standard InChI is InChI=1S/C11H12F2O/c1-2-8-14-9-11(12,13)10-6-4-3-5-7-10/h2-7H,1,8-9H2. The monoisotopic (exact) mass is 198 g/mol. The third-order valence-electron chi connectivity index (χ3n) is 1.72. The number of halogens is 2. The van der Waals surface area contributed by atoms with Gasteiger partial charge >= 0.3 is 0 Å². The van der Waals surface area contributed by atoms with Crippen molar-refractivity contribution < 1.29 is 13.5 Å². The molecule has 0 bridgehead atoms. The summed E-state index contributed by atoms with van der Waals surface area (Å²) in [6.07, 6.45) is 1.45. The molecule has 0 fully saturated rings. The van der Waals surface area contributed by atoms with Gasteiger partial charge in [0.2, 0.25) is 0 Å². The number of alkyl halides is 2. The van der Waals surface area contributed by atoms with E-state index < -0.39 is 12.5 Å². The molecule has 0 amide bonds. The SMILES string of the molecule is C=CCOCC(F)(F)c1ccccc1. The minimum absolute atomic E-state index is 0.0240. The highest BCUT2D eigenvalue weighted by Crippen LogP contribution is 2.27. The second kappa shape index (κ2) is 4.86. The molecule has 0 aromatic heterocycles. The van der Waals surface area contributed by atoms with Crippen LogP contribution in [0.2, 0.25) is 0 Å². The van der Waals surface area contributed by atoms with Gasteiger partial charge in [-0.3, -0.25) is 0 Å². The molecule has 1 rings (SSSR count). The number of hydrogen-bond acceptors (Lipinski definition) is 1. The third kappa shape index (κ3) is 2.92. The molecule has 3 heteroatoms. The summed E-state index contributed by atoms with van der Waals surface area (Å²) in [6.45, 7) is 2.92. The van der Waals surface area contributed by atoms with Crippen molar-refractivity contribution in [3.8, 4) is 0 Å². The lowest BCUT2D eigenvalue weighted by atomic mass is 10.1. The fraction of sp³-hybridized carbons (Fsp3) is 0.273. The molecule has 0 spiro atoms. The van der Waals surface area contributed by atoms with Crippen LogP contribution in [0.25, 0.3) is 0 Å². The van der Waals surface area contributed by atoms with Crippen LogP contribution in [0.5, 0.6) is 0 Å². The van der Waals surface area contributed by atoms with Crippen LogP contribution in [0.3, 0.4) is 0 Å². The zero-order valence-electron chi connectivity index (χ0n) is 7.75.